The molecule has 0 radical (unpaired) electrons. The van der Waals surface area contributed by atoms with Crippen LogP contribution in [-0.2, 0) is 6.54 Å². The fraction of sp³-hybridized carbons (Fsp3) is 0.444. The summed E-state index contributed by atoms with van der Waals surface area (Å²) >= 11 is 0. The van der Waals surface area contributed by atoms with Gasteiger partial charge in [0.1, 0.15) is 11.8 Å². The van der Waals surface area contributed by atoms with Crippen molar-refractivity contribution in [2.24, 2.45) is 0 Å². The number of nitrogen functional groups attached to an aromatic ring is 1. The maximum absolute atomic E-state index is 5.69. The first-order valence-corrected chi connectivity index (χ1v) is 4.89. The number of imidazole rings is 1. The molecule has 0 fully saturated rings. The second kappa shape index (κ2) is 9.16. The van der Waals surface area contributed by atoms with Crippen molar-refractivity contribution in [3.8, 4) is 0 Å². The second-order valence-electron chi connectivity index (χ2n) is 3.33. The lowest BCUT2D eigenvalue weighted by Gasteiger charge is -2.02. The van der Waals surface area contributed by atoms with Crippen LogP contribution in [0.4, 0.5) is 5.82 Å². The van der Waals surface area contributed by atoms with E-state index in [9.17, 15) is 0 Å². The van der Waals surface area contributed by atoms with Gasteiger partial charge < -0.3 is 15.6 Å². The Balaban J connectivity index is 0. The highest BCUT2D eigenvalue weighted by Crippen LogP contribution is 2.13. The molecule has 2 aromatic heterocycles. The van der Waals surface area contributed by atoms with E-state index in [1.807, 2.05) is 11.6 Å². The van der Waals surface area contributed by atoms with E-state index < -0.39 is 0 Å². The van der Waals surface area contributed by atoms with Crippen LogP contribution in [0.5, 0.6) is 0 Å². The van der Waals surface area contributed by atoms with Crippen LogP contribution in [0.15, 0.2) is 12.7 Å². The predicted octanol–water partition coefficient (Wildman–Crippen LogP) is 1.28. The van der Waals surface area contributed by atoms with Crippen LogP contribution in [0, 0.1) is 0 Å². The van der Waals surface area contributed by atoms with Crippen LogP contribution < -0.4 is 11.1 Å². The number of anilines is 1. The lowest BCUT2D eigenvalue weighted by atomic mass is 10.4. The van der Waals surface area contributed by atoms with Crippen LogP contribution in [0.25, 0.3) is 11.2 Å². The Hall–Kier alpha value is -0.820. The van der Waals surface area contributed by atoms with Gasteiger partial charge in [-0.05, 0) is 20.0 Å². The number of halogens is 3. The molecule has 0 atom stereocenters. The van der Waals surface area contributed by atoms with Crippen LogP contribution in [0.3, 0.4) is 0 Å². The number of nitrogens with zero attached hydrogens (tertiary/aromatic N) is 4. The smallest absolute Gasteiger partial charge is 0.165 e. The van der Waals surface area contributed by atoms with Crippen LogP contribution in [-0.4, -0.2) is 33.1 Å². The van der Waals surface area contributed by atoms with Gasteiger partial charge in [0.2, 0.25) is 0 Å². The average molecular weight is 316 g/mol. The minimum atomic E-state index is 0. The first-order valence-electron chi connectivity index (χ1n) is 4.89. The van der Waals surface area contributed by atoms with Gasteiger partial charge in [-0.2, -0.15) is 0 Å². The third-order valence-corrected chi connectivity index (χ3v) is 2.26. The lowest BCUT2D eigenvalue weighted by molar-refractivity contribution is 0.621. The van der Waals surface area contributed by atoms with Gasteiger partial charge in [-0.25, -0.2) is 15.0 Å². The van der Waals surface area contributed by atoms with E-state index in [1.54, 1.807) is 6.33 Å². The summed E-state index contributed by atoms with van der Waals surface area (Å²) in [7, 11) is 1.94. The largest absolute Gasteiger partial charge is 0.382 e. The quantitative estimate of drug-likeness (QED) is 0.831. The number of nitrogens with one attached hydrogen (secondary N) is 1. The van der Waals surface area contributed by atoms with Crippen molar-refractivity contribution in [3.05, 3.63) is 12.7 Å². The molecule has 3 N–H and O–H groups in total. The standard InChI is InChI=1S/C9H14N6.3ClH/c1-11-3-2-4-15-6-14-7-8(10)12-5-13-9(7)15;;;/h5-6,11H,2-4H2,1H3,(H2,10,12,13);3*1H. The van der Waals surface area contributed by atoms with Crippen molar-refractivity contribution in [2.45, 2.75) is 13.0 Å². The van der Waals surface area contributed by atoms with E-state index in [0.29, 0.717) is 11.3 Å². The maximum atomic E-state index is 5.69. The van der Waals surface area contributed by atoms with Crippen molar-refractivity contribution in [1.82, 2.24) is 24.8 Å². The van der Waals surface area contributed by atoms with Gasteiger partial charge in [-0.15, -0.1) is 37.2 Å². The van der Waals surface area contributed by atoms with E-state index in [-0.39, 0.29) is 37.2 Å². The summed E-state index contributed by atoms with van der Waals surface area (Å²) in [6.45, 7) is 1.86. The molecule has 0 spiro atoms. The minimum absolute atomic E-state index is 0. The topological polar surface area (TPSA) is 81.7 Å². The normalized spacial score (nSPS) is 9.17. The molecule has 0 aliphatic carbocycles. The Morgan fingerprint density at radius 3 is 2.61 bits per heavy atom. The van der Waals surface area contributed by atoms with Crippen LogP contribution in [0.2, 0.25) is 0 Å². The summed E-state index contributed by atoms with van der Waals surface area (Å²) in [5.41, 5.74) is 7.17. The van der Waals surface area contributed by atoms with E-state index in [1.165, 1.54) is 6.33 Å². The third-order valence-electron chi connectivity index (χ3n) is 2.26. The lowest BCUT2D eigenvalue weighted by Crippen LogP contribution is -2.10. The van der Waals surface area contributed by atoms with E-state index >= 15 is 0 Å². The summed E-state index contributed by atoms with van der Waals surface area (Å²) in [4.78, 5) is 12.3. The monoisotopic (exact) mass is 314 g/mol. The Bertz CT molecular complexity index is 460. The zero-order chi connectivity index (χ0) is 10.7. The molecule has 9 heteroatoms. The Morgan fingerprint density at radius 2 is 1.94 bits per heavy atom. The Morgan fingerprint density at radius 1 is 1.22 bits per heavy atom. The highest BCUT2D eigenvalue weighted by molar-refractivity contribution is 5.86. The Labute approximate surface area is 124 Å². The summed E-state index contributed by atoms with van der Waals surface area (Å²) < 4.78 is 1.99. The molecule has 0 amide bonds. The van der Waals surface area contributed by atoms with Crippen molar-refractivity contribution in [2.75, 3.05) is 19.3 Å². The summed E-state index contributed by atoms with van der Waals surface area (Å²) in [5.74, 6) is 0.437. The number of fused-ring (bicyclic) bond motifs is 1. The average Bonchev–Trinajstić information content (AvgIpc) is 2.64. The fourth-order valence-electron chi connectivity index (χ4n) is 1.49. The molecule has 2 heterocycles. The molecule has 0 aliphatic rings. The van der Waals surface area contributed by atoms with Gasteiger partial charge >= 0.3 is 0 Å². The van der Waals surface area contributed by atoms with Crippen molar-refractivity contribution >= 4 is 54.2 Å². The predicted molar refractivity (Wildman–Crippen MR) is 80.0 cm³/mol. The zero-order valence-electron chi connectivity index (χ0n) is 9.87. The second-order valence-corrected chi connectivity index (χ2v) is 3.33. The van der Waals surface area contributed by atoms with Crippen molar-refractivity contribution in [3.63, 3.8) is 0 Å². The molecule has 0 saturated heterocycles. The molecule has 0 aliphatic heterocycles. The molecule has 0 saturated carbocycles. The van der Waals surface area contributed by atoms with Crippen molar-refractivity contribution in [1.29, 1.82) is 0 Å². The van der Waals surface area contributed by atoms with E-state index in [4.69, 9.17) is 5.73 Å². The number of aryl methyl sites for hydroxylation is 1. The molecule has 104 valence electrons. The molecule has 0 aromatic carbocycles. The maximum Gasteiger partial charge on any atom is 0.165 e. The van der Waals surface area contributed by atoms with Crippen molar-refractivity contribution < 1.29 is 0 Å². The van der Waals surface area contributed by atoms with Gasteiger partial charge in [-0.1, -0.05) is 0 Å². The SMILES string of the molecule is CNCCCn1cnc2c(N)ncnc21.Cl.Cl.Cl. The number of rotatable bonds is 4. The van der Waals surface area contributed by atoms with Gasteiger partial charge in [0.15, 0.2) is 11.5 Å². The number of nitrogens with two attached hydrogens (primary N) is 1. The fourth-order valence-corrected chi connectivity index (χ4v) is 1.49. The molecule has 6 nitrogen and oxygen atoms in total. The van der Waals surface area contributed by atoms with E-state index in [2.05, 4.69) is 20.3 Å². The van der Waals surface area contributed by atoms with Gasteiger partial charge in [0.05, 0.1) is 6.33 Å². The summed E-state index contributed by atoms with van der Waals surface area (Å²) in [5, 5.41) is 3.10. The first-order chi connectivity index (χ1) is 7.33. The number of hydrogen-bond acceptors (Lipinski definition) is 5. The number of aromatic nitrogens is 4. The first kappa shape index (κ1) is 19.5. The van der Waals surface area contributed by atoms with Crippen LogP contribution in [0.1, 0.15) is 6.42 Å². The molecule has 0 bridgehead atoms. The minimum Gasteiger partial charge on any atom is -0.382 e. The zero-order valence-corrected chi connectivity index (χ0v) is 12.3. The highest BCUT2D eigenvalue weighted by atomic mass is 35.5. The van der Waals surface area contributed by atoms with Crippen LogP contribution >= 0.6 is 37.2 Å². The molecule has 2 rings (SSSR count). The summed E-state index contributed by atoms with van der Waals surface area (Å²) in [6, 6.07) is 0. The van der Waals surface area contributed by atoms with Gasteiger partial charge in [0.25, 0.3) is 0 Å². The Kier molecular flexibility index (Phi) is 9.93. The molecule has 2 aromatic rings. The summed E-state index contributed by atoms with van der Waals surface area (Å²) in [6.07, 6.45) is 4.26. The van der Waals surface area contributed by atoms with Gasteiger partial charge in [-0.3, -0.25) is 0 Å². The number of hydrogen-bond donors (Lipinski definition) is 2. The highest BCUT2D eigenvalue weighted by Gasteiger charge is 2.06. The van der Waals surface area contributed by atoms with Gasteiger partial charge in [0, 0.05) is 6.54 Å². The van der Waals surface area contributed by atoms with E-state index in [0.717, 1.165) is 25.2 Å². The molecular weight excluding hydrogens is 298 g/mol. The molecular formula is C9H17Cl3N6. The molecule has 0 unspecified atom stereocenters. The molecule has 18 heavy (non-hydrogen) atoms. The third kappa shape index (κ3) is 4.13.